The van der Waals surface area contributed by atoms with Gasteiger partial charge in [-0.05, 0) is 37.8 Å². The van der Waals surface area contributed by atoms with Crippen molar-refractivity contribution < 1.29 is 38.6 Å². The Bertz CT molecular complexity index is 1320. The number of carbonyl (C=O) groups excluding carboxylic acids is 4. The second kappa shape index (κ2) is 13.7. The third-order valence-electron chi connectivity index (χ3n) is 7.52. The van der Waals surface area contributed by atoms with E-state index in [-0.39, 0.29) is 69.1 Å². The number of carboxylic acid groups (broad SMARTS) is 1. The number of hydrogen-bond acceptors (Lipinski definition) is 8. The van der Waals surface area contributed by atoms with Gasteiger partial charge in [0.05, 0.1) is 5.69 Å². The number of piperazine rings is 1. The van der Waals surface area contributed by atoms with E-state index >= 15 is 0 Å². The lowest BCUT2D eigenvalue weighted by Crippen LogP contribution is -2.56. The van der Waals surface area contributed by atoms with Crippen molar-refractivity contribution in [3.63, 3.8) is 0 Å². The molecule has 2 N–H and O–H groups in total. The third kappa shape index (κ3) is 8.33. The van der Waals surface area contributed by atoms with Crippen LogP contribution in [0.1, 0.15) is 63.4 Å². The molecule has 0 radical (unpaired) electrons. The van der Waals surface area contributed by atoms with Crippen LogP contribution in [0, 0.1) is 5.41 Å². The van der Waals surface area contributed by atoms with Gasteiger partial charge in [-0.1, -0.05) is 39.0 Å². The molecule has 1 aliphatic heterocycles. The van der Waals surface area contributed by atoms with Crippen molar-refractivity contribution in [2.24, 2.45) is 5.41 Å². The van der Waals surface area contributed by atoms with Crippen molar-refractivity contribution in [3.05, 3.63) is 42.1 Å². The summed E-state index contributed by atoms with van der Waals surface area (Å²) in [5.74, 6) is -2.24. The molecule has 0 unspecified atom stereocenters. The Balaban J connectivity index is 1.46. The summed E-state index contributed by atoms with van der Waals surface area (Å²) in [7, 11) is 0. The van der Waals surface area contributed by atoms with Gasteiger partial charge in [-0.25, -0.2) is 9.48 Å². The molecule has 13 heteroatoms. The molecule has 1 saturated heterocycles. The summed E-state index contributed by atoms with van der Waals surface area (Å²) in [6, 6.07) is 9.15. The molecule has 1 aromatic carbocycles. The van der Waals surface area contributed by atoms with Crippen LogP contribution in [0.2, 0.25) is 0 Å². The predicted molar refractivity (Wildman–Crippen MR) is 154 cm³/mol. The van der Waals surface area contributed by atoms with Crippen LogP contribution < -0.4 is 10.1 Å². The minimum absolute atomic E-state index is 0.0435. The number of aliphatic carboxylic acids is 1. The number of carbonyl (C=O) groups is 5. The van der Waals surface area contributed by atoms with E-state index in [1.807, 2.05) is 6.07 Å². The first kappa shape index (κ1) is 31.5. The molecule has 3 amide bonds. The normalized spacial score (nSPS) is 16.2. The molecule has 2 aromatic rings. The Morgan fingerprint density at radius 3 is 2.26 bits per heavy atom. The molecular formula is C30H39N5O8. The topological polar surface area (TPSA) is 160 Å². The number of ketones is 1. The predicted octanol–water partition coefficient (Wildman–Crippen LogP) is 2.66. The lowest BCUT2D eigenvalue weighted by atomic mass is 9.91. The number of ether oxygens (including phenoxy) is 2. The van der Waals surface area contributed by atoms with Crippen LogP contribution in [0.15, 0.2) is 36.4 Å². The first-order valence-corrected chi connectivity index (χ1v) is 14.5. The molecule has 1 atom stereocenters. The van der Waals surface area contributed by atoms with Gasteiger partial charge >= 0.3 is 12.1 Å². The maximum atomic E-state index is 13.4. The molecule has 4 rings (SSSR count). The molecule has 1 saturated carbocycles. The zero-order chi connectivity index (χ0) is 31.1. The number of benzene rings is 1. The maximum absolute atomic E-state index is 13.4. The van der Waals surface area contributed by atoms with Crippen LogP contribution in [-0.2, 0) is 19.1 Å². The molecule has 2 heterocycles. The monoisotopic (exact) mass is 597 g/mol. The van der Waals surface area contributed by atoms with Crippen molar-refractivity contribution in [1.29, 1.82) is 0 Å². The minimum atomic E-state index is -1.13. The van der Waals surface area contributed by atoms with E-state index in [0.717, 1.165) is 19.3 Å². The van der Waals surface area contributed by atoms with E-state index < -0.39 is 35.3 Å². The highest BCUT2D eigenvalue weighted by Gasteiger charge is 2.33. The first-order valence-electron chi connectivity index (χ1n) is 14.5. The summed E-state index contributed by atoms with van der Waals surface area (Å²) >= 11 is 0. The van der Waals surface area contributed by atoms with Crippen LogP contribution in [0.3, 0.4) is 0 Å². The van der Waals surface area contributed by atoms with Gasteiger partial charge in [0.2, 0.25) is 11.8 Å². The van der Waals surface area contributed by atoms with E-state index in [1.54, 1.807) is 49.9 Å². The quantitative estimate of drug-likeness (QED) is 0.397. The number of para-hydroxylation sites is 1. The lowest BCUT2D eigenvalue weighted by molar-refractivity contribution is -0.138. The number of Topliss-reactive ketones (excluding diaryl/α,β-unsaturated/α-hetero) is 1. The Kier molecular flexibility index (Phi) is 10.0. The molecule has 13 nitrogen and oxygen atoms in total. The van der Waals surface area contributed by atoms with Gasteiger partial charge in [-0.15, -0.1) is 0 Å². The number of hydrogen-bond donors (Lipinski definition) is 2. The average molecular weight is 598 g/mol. The van der Waals surface area contributed by atoms with E-state index in [0.29, 0.717) is 5.69 Å². The standard InChI is InChI=1S/C30H39N5O8/c1-30(2,3)24(36)19-42-25-18-23(32-35(25)20-8-5-4-6-9-20)27(39)31-22(12-13-26(37)38)28(40)33-14-16-34(17-15-33)29(41)43-21-10-7-11-21/h4-6,8-9,18,21-22H,7,10-17,19H2,1-3H3,(H,31,39)(H,37,38)/t22-/m0/s1. The number of nitrogens with one attached hydrogen (secondary N) is 1. The number of aromatic nitrogens is 2. The van der Waals surface area contributed by atoms with E-state index in [2.05, 4.69) is 10.4 Å². The summed E-state index contributed by atoms with van der Waals surface area (Å²) in [5, 5.41) is 16.3. The molecular weight excluding hydrogens is 558 g/mol. The van der Waals surface area contributed by atoms with Crippen LogP contribution in [0.5, 0.6) is 5.88 Å². The summed E-state index contributed by atoms with van der Waals surface area (Å²) in [4.78, 5) is 66.1. The van der Waals surface area contributed by atoms with Crippen LogP contribution in [0.4, 0.5) is 4.79 Å². The fraction of sp³-hybridized carbons (Fsp3) is 0.533. The number of carboxylic acids is 1. The zero-order valence-electron chi connectivity index (χ0n) is 24.8. The smallest absolute Gasteiger partial charge is 0.410 e. The molecule has 0 spiro atoms. The Labute approximate surface area is 250 Å². The van der Waals surface area contributed by atoms with E-state index in [1.165, 1.54) is 15.6 Å². The molecule has 2 aliphatic rings. The van der Waals surface area contributed by atoms with Gasteiger partial charge in [0.15, 0.2) is 11.5 Å². The summed E-state index contributed by atoms with van der Waals surface area (Å²) in [6.45, 7) is 6.09. The van der Waals surface area contributed by atoms with Crippen LogP contribution in [-0.4, -0.2) is 99.3 Å². The number of nitrogens with zero attached hydrogens (tertiary/aromatic N) is 4. The average Bonchev–Trinajstić information content (AvgIpc) is 3.39. The zero-order valence-corrected chi connectivity index (χ0v) is 24.8. The second-order valence-electron chi connectivity index (χ2n) is 11.8. The fourth-order valence-electron chi connectivity index (χ4n) is 4.48. The number of amides is 3. The van der Waals surface area contributed by atoms with Gasteiger partial charge in [0.25, 0.3) is 5.91 Å². The molecule has 1 aromatic heterocycles. The largest absolute Gasteiger partial charge is 0.481 e. The fourth-order valence-corrected chi connectivity index (χ4v) is 4.48. The maximum Gasteiger partial charge on any atom is 0.410 e. The third-order valence-corrected chi connectivity index (χ3v) is 7.52. The van der Waals surface area contributed by atoms with Gasteiger partial charge in [0, 0.05) is 44.1 Å². The van der Waals surface area contributed by atoms with Crippen molar-refractivity contribution in [2.45, 2.75) is 65.0 Å². The van der Waals surface area contributed by atoms with Gasteiger partial charge in [-0.3, -0.25) is 19.2 Å². The van der Waals surface area contributed by atoms with Crippen molar-refractivity contribution in [2.75, 3.05) is 32.8 Å². The molecule has 2 fully saturated rings. The number of rotatable bonds is 11. The van der Waals surface area contributed by atoms with Crippen molar-refractivity contribution in [1.82, 2.24) is 24.9 Å². The summed E-state index contributed by atoms with van der Waals surface area (Å²) in [6.07, 6.45) is 1.85. The van der Waals surface area contributed by atoms with Crippen LogP contribution in [0.25, 0.3) is 5.69 Å². The Hall–Kier alpha value is -4.42. The highest BCUT2D eigenvalue weighted by Crippen LogP contribution is 2.24. The van der Waals surface area contributed by atoms with Crippen molar-refractivity contribution in [3.8, 4) is 11.6 Å². The van der Waals surface area contributed by atoms with Gasteiger partial charge in [-0.2, -0.15) is 5.10 Å². The minimum Gasteiger partial charge on any atom is -0.481 e. The lowest BCUT2D eigenvalue weighted by Gasteiger charge is -2.37. The second-order valence-corrected chi connectivity index (χ2v) is 11.8. The Morgan fingerprint density at radius 1 is 1.02 bits per heavy atom. The Morgan fingerprint density at radius 2 is 1.67 bits per heavy atom. The highest BCUT2D eigenvalue weighted by atomic mass is 16.6. The molecule has 232 valence electrons. The van der Waals surface area contributed by atoms with Gasteiger partial charge < -0.3 is 29.7 Å². The first-order chi connectivity index (χ1) is 20.4. The molecule has 1 aliphatic carbocycles. The molecule has 43 heavy (non-hydrogen) atoms. The van der Waals surface area contributed by atoms with E-state index in [4.69, 9.17) is 9.47 Å². The molecule has 0 bridgehead atoms. The SMILES string of the molecule is CC(C)(C)C(=O)COc1cc(C(=O)N[C@@H](CCC(=O)O)C(=O)N2CCN(C(=O)OC3CCC3)CC2)nn1-c1ccccc1. The highest BCUT2D eigenvalue weighted by molar-refractivity contribution is 5.96. The van der Waals surface area contributed by atoms with Crippen molar-refractivity contribution >= 4 is 29.7 Å². The summed E-state index contributed by atoms with van der Waals surface area (Å²) < 4.78 is 12.6. The van der Waals surface area contributed by atoms with E-state index in [9.17, 15) is 29.1 Å². The summed E-state index contributed by atoms with van der Waals surface area (Å²) in [5.41, 5.74) is -0.108. The van der Waals surface area contributed by atoms with Crippen LogP contribution >= 0.6 is 0 Å². The van der Waals surface area contributed by atoms with Gasteiger partial charge in [0.1, 0.15) is 18.8 Å².